The molecule has 0 radical (unpaired) electrons. The zero-order chi connectivity index (χ0) is 20.0. The molecule has 1 aliphatic carbocycles. The molecule has 0 aromatic heterocycles. The van der Waals surface area contributed by atoms with Crippen molar-refractivity contribution in [3.05, 3.63) is 54.1 Å². The lowest BCUT2D eigenvalue weighted by Crippen LogP contribution is -2.47. The van der Waals surface area contributed by atoms with Gasteiger partial charge in [-0.1, -0.05) is 36.4 Å². The molecule has 8 nitrogen and oxygen atoms in total. The summed E-state index contributed by atoms with van der Waals surface area (Å²) in [5.74, 6) is -0.524. The molecule has 1 fully saturated rings. The normalized spacial score (nSPS) is 24.0. The summed E-state index contributed by atoms with van der Waals surface area (Å²) in [6.07, 6.45) is 6.29. The Hall–Kier alpha value is -2.04. The molecular formula is C19H24N2O6S. The molecule has 0 unspecified atom stereocenters. The van der Waals surface area contributed by atoms with E-state index in [1.54, 1.807) is 24.3 Å². The third-order valence-corrected chi connectivity index (χ3v) is 5.63. The van der Waals surface area contributed by atoms with Crippen molar-refractivity contribution in [2.45, 2.75) is 24.1 Å². The summed E-state index contributed by atoms with van der Waals surface area (Å²) in [4.78, 5) is 12.5. The number of allylic oxidation sites excluding steroid dienone is 2. The molecule has 1 saturated heterocycles. The van der Waals surface area contributed by atoms with Crippen molar-refractivity contribution in [3.8, 4) is 0 Å². The van der Waals surface area contributed by atoms with Gasteiger partial charge in [0, 0.05) is 19.3 Å². The minimum atomic E-state index is -3.49. The van der Waals surface area contributed by atoms with Crippen molar-refractivity contribution in [2.24, 2.45) is 0 Å². The van der Waals surface area contributed by atoms with Crippen molar-refractivity contribution in [2.75, 3.05) is 32.2 Å². The Morgan fingerprint density at radius 2 is 2.04 bits per heavy atom. The molecule has 0 spiro atoms. The summed E-state index contributed by atoms with van der Waals surface area (Å²) >= 11 is 0. The van der Waals surface area contributed by atoms with Crippen LogP contribution in [0.5, 0.6) is 0 Å². The first-order chi connectivity index (χ1) is 13.5. The van der Waals surface area contributed by atoms with E-state index in [0.717, 1.165) is 0 Å². The molecule has 1 aromatic rings. The van der Waals surface area contributed by atoms with Gasteiger partial charge in [-0.15, -0.1) is 0 Å². The Morgan fingerprint density at radius 3 is 2.82 bits per heavy atom. The number of anilines is 1. The van der Waals surface area contributed by atoms with E-state index in [2.05, 4.69) is 10.0 Å². The van der Waals surface area contributed by atoms with Crippen LogP contribution in [-0.2, 0) is 34.8 Å². The van der Waals surface area contributed by atoms with Crippen LogP contribution >= 0.6 is 0 Å². The van der Waals surface area contributed by atoms with Crippen LogP contribution in [0.25, 0.3) is 0 Å². The topological polar surface area (TPSA) is 103 Å². The fourth-order valence-electron chi connectivity index (χ4n) is 2.94. The molecule has 152 valence electrons. The van der Waals surface area contributed by atoms with Crippen LogP contribution in [0, 0.1) is 0 Å². The number of sulfonamides is 1. The molecule has 2 N–H and O–H groups in total. The van der Waals surface area contributed by atoms with E-state index in [1.807, 2.05) is 24.3 Å². The monoisotopic (exact) mass is 408 g/mol. The van der Waals surface area contributed by atoms with E-state index in [4.69, 9.17) is 14.2 Å². The Balaban J connectivity index is 1.57. The molecule has 1 amide bonds. The van der Waals surface area contributed by atoms with Gasteiger partial charge in [0.05, 0.1) is 19.0 Å². The number of fused-ring (bicyclic) bond motifs is 1. The zero-order valence-electron chi connectivity index (χ0n) is 15.5. The van der Waals surface area contributed by atoms with Gasteiger partial charge in [-0.3, -0.25) is 4.79 Å². The Kier molecular flexibility index (Phi) is 6.97. The van der Waals surface area contributed by atoms with Crippen LogP contribution < -0.4 is 10.0 Å². The largest absolute Gasteiger partial charge is 0.383 e. The molecule has 3 rings (SSSR count). The lowest BCUT2D eigenvalue weighted by molar-refractivity contribution is -0.164. The molecule has 1 heterocycles. The maximum absolute atomic E-state index is 12.5. The molecule has 0 saturated carbocycles. The van der Waals surface area contributed by atoms with E-state index in [-0.39, 0.29) is 37.0 Å². The minimum absolute atomic E-state index is 0.155. The van der Waals surface area contributed by atoms with E-state index in [0.29, 0.717) is 17.9 Å². The van der Waals surface area contributed by atoms with Crippen LogP contribution in [0.1, 0.15) is 5.56 Å². The number of hydrogen-bond donors (Lipinski definition) is 2. The van der Waals surface area contributed by atoms with Crippen molar-refractivity contribution in [3.63, 3.8) is 0 Å². The van der Waals surface area contributed by atoms with E-state index in [9.17, 15) is 13.2 Å². The van der Waals surface area contributed by atoms with E-state index in [1.165, 1.54) is 7.11 Å². The Labute approximate surface area is 164 Å². The van der Waals surface area contributed by atoms with Crippen LogP contribution in [0.15, 0.2) is 48.6 Å². The average molecular weight is 408 g/mol. The van der Waals surface area contributed by atoms with E-state index >= 15 is 0 Å². The summed E-state index contributed by atoms with van der Waals surface area (Å²) < 4.78 is 42.9. The third kappa shape index (κ3) is 5.73. The number of nitrogens with one attached hydrogen (secondary N) is 2. The highest BCUT2D eigenvalue weighted by Gasteiger charge is 2.33. The molecular weight excluding hydrogens is 384 g/mol. The quantitative estimate of drug-likeness (QED) is 0.622. The SMILES string of the molecule is COCCNS(=O)(=O)Cc1cccc(NC(=O)[C@@H]2CO[C@@H]3C=CC=C[C@@H]3O2)c1. The average Bonchev–Trinajstić information content (AvgIpc) is 2.67. The van der Waals surface area contributed by atoms with Gasteiger partial charge in [0.25, 0.3) is 5.91 Å². The van der Waals surface area contributed by atoms with Gasteiger partial charge in [0.2, 0.25) is 10.0 Å². The predicted octanol–water partition coefficient (Wildman–Crippen LogP) is 0.969. The second-order valence-electron chi connectivity index (χ2n) is 6.49. The molecule has 1 aromatic carbocycles. The molecule has 3 atom stereocenters. The zero-order valence-corrected chi connectivity index (χ0v) is 16.4. The molecule has 2 aliphatic rings. The van der Waals surface area contributed by atoms with Gasteiger partial charge in [0.1, 0.15) is 12.2 Å². The number of ether oxygens (including phenoxy) is 3. The second kappa shape index (κ2) is 9.44. The maximum atomic E-state index is 12.5. The van der Waals surface area contributed by atoms with Crippen LogP contribution in [0.3, 0.4) is 0 Å². The number of benzene rings is 1. The van der Waals surface area contributed by atoms with E-state index < -0.39 is 16.1 Å². The van der Waals surface area contributed by atoms with Gasteiger partial charge in [-0.2, -0.15) is 0 Å². The standard InChI is InChI=1S/C19H24N2O6S/c1-25-10-9-20-28(23,24)13-14-5-4-6-15(11-14)21-19(22)18-12-26-16-7-2-3-8-17(16)27-18/h2-8,11,16-18,20H,9-10,12-13H2,1H3,(H,21,22)/t16-,17+,18+/m1/s1. The highest BCUT2D eigenvalue weighted by molar-refractivity contribution is 7.88. The van der Waals surface area contributed by atoms with Gasteiger partial charge >= 0.3 is 0 Å². The van der Waals surface area contributed by atoms with Gasteiger partial charge in [0.15, 0.2) is 6.10 Å². The van der Waals surface area contributed by atoms with Crippen molar-refractivity contribution < 1.29 is 27.4 Å². The second-order valence-corrected chi connectivity index (χ2v) is 8.30. The number of methoxy groups -OCH3 is 1. The summed E-state index contributed by atoms with van der Waals surface area (Å²) in [5.41, 5.74) is 1.06. The molecule has 1 aliphatic heterocycles. The lowest BCUT2D eigenvalue weighted by Gasteiger charge is -2.34. The van der Waals surface area contributed by atoms with Gasteiger partial charge in [-0.05, 0) is 17.7 Å². The Bertz CT molecular complexity index is 852. The summed E-state index contributed by atoms with van der Waals surface area (Å²) in [6, 6.07) is 6.71. The fraction of sp³-hybridized carbons (Fsp3) is 0.421. The molecule has 0 bridgehead atoms. The Morgan fingerprint density at radius 1 is 1.25 bits per heavy atom. The number of rotatable bonds is 8. The highest BCUT2D eigenvalue weighted by Crippen LogP contribution is 2.21. The smallest absolute Gasteiger partial charge is 0.255 e. The van der Waals surface area contributed by atoms with Crippen molar-refractivity contribution in [1.29, 1.82) is 0 Å². The van der Waals surface area contributed by atoms with Crippen molar-refractivity contribution >= 4 is 21.6 Å². The maximum Gasteiger partial charge on any atom is 0.255 e. The van der Waals surface area contributed by atoms with Crippen LogP contribution in [-0.4, -0.2) is 59.5 Å². The minimum Gasteiger partial charge on any atom is -0.383 e. The number of carbonyl (C=O) groups is 1. The van der Waals surface area contributed by atoms with Gasteiger partial charge < -0.3 is 19.5 Å². The number of carbonyl (C=O) groups excluding carboxylic acids is 1. The molecule has 9 heteroatoms. The predicted molar refractivity (Wildman–Crippen MR) is 104 cm³/mol. The van der Waals surface area contributed by atoms with Gasteiger partial charge in [-0.25, -0.2) is 13.1 Å². The lowest BCUT2D eigenvalue weighted by atomic mass is 10.1. The summed E-state index contributed by atoms with van der Waals surface area (Å²) in [6.45, 7) is 0.661. The first-order valence-corrected chi connectivity index (χ1v) is 10.6. The summed E-state index contributed by atoms with van der Waals surface area (Å²) in [5, 5.41) is 2.76. The number of amides is 1. The fourth-order valence-corrected chi connectivity index (χ4v) is 4.05. The summed E-state index contributed by atoms with van der Waals surface area (Å²) in [7, 11) is -1.98. The van der Waals surface area contributed by atoms with Crippen LogP contribution in [0.2, 0.25) is 0 Å². The highest BCUT2D eigenvalue weighted by atomic mass is 32.2. The van der Waals surface area contributed by atoms with Crippen molar-refractivity contribution in [1.82, 2.24) is 4.72 Å². The number of hydrogen-bond acceptors (Lipinski definition) is 6. The molecule has 28 heavy (non-hydrogen) atoms. The third-order valence-electron chi connectivity index (χ3n) is 4.27. The van der Waals surface area contributed by atoms with Crippen LogP contribution in [0.4, 0.5) is 5.69 Å². The first kappa shape index (κ1) is 20.7. The first-order valence-electron chi connectivity index (χ1n) is 8.95.